The second-order valence-electron chi connectivity index (χ2n) is 10.0. The van der Waals surface area contributed by atoms with Crippen LogP contribution in [0.4, 0.5) is 0 Å². The molecule has 2 aliphatic heterocycles. The summed E-state index contributed by atoms with van der Waals surface area (Å²) in [6.45, 7) is 11.1. The summed E-state index contributed by atoms with van der Waals surface area (Å²) in [7, 11) is -3.26. The van der Waals surface area contributed by atoms with Crippen LogP contribution in [0.1, 0.15) is 48.5 Å². The van der Waals surface area contributed by atoms with E-state index in [1.165, 1.54) is 6.92 Å². The Bertz CT molecular complexity index is 1140. The van der Waals surface area contributed by atoms with Crippen LogP contribution in [0.15, 0.2) is 34.8 Å². The van der Waals surface area contributed by atoms with Crippen molar-refractivity contribution < 1.29 is 41.8 Å². The lowest BCUT2D eigenvalue weighted by atomic mass is 9.83. The Morgan fingerprint density at radius 3 is 1.94 bits per heavy atom. The molecule has 0 spiro atoms. The molecular weight excluding hydrogens is 502 g/mol. The molecule has 0 aromatic heterocycles. The molecule has 0 radical (unpaired) electrons. The van der Waals surface area contributed by atoms with Gasteiger partial charge >= 0.3 is 17.9 Å². The predicted molar refractivity (Wildman–Crippen MR) is 127 cm³/mol. The van der Waals surface area contributed by atoms with E-state index in [0.29, 0.717) is 0 Å². The van der Waals surface area contributed by atoms with Gasteiger partial charge < -0.3 is 14.2 Å². The van der Waals surface area contributed by atoms with Crippen molar-refractivity contribution in [1.82, 2.24) is 4.90 Å². The molecular formula is C23H30ClNO9S. The molecule has 1 saturated heterocycles. The van der Waals surface area contributed by atoms with Crippen molar-refractivity contribution in [3.63, 3.8) is 0 Å². The Balaban J connectivity index is 2.75. The standard InChI is InChI=1S/C23H30ClNO9S/c1-13-14(9-10-15(26)33-21(2,3)4)35(30,31)19-17(24)18(28)25(19)23(13,20(29)32-8)12-11-16(27)34-22(5,6)7/h9-12,17,19H,1-8H3/t17-,19-,23?/m0/s1. The number of rotatable bonds is 5. The van der Waals surface area contributed by atoms with Crippen LogP contribution in [0.3, 0.4) is 0 Å². The second-order valence-corrected chi connectivity index (χ2v) is 12.5. The van der Waals surface area contributed by atoms with Gasteiger partial charge in [-0.05, 0) is 66.2 Å². The highest BCUT2D eigenvalue weighted by molar-refractivity contribution is 7.96. The van der Waals surface area contributed by atoms with E-state index in [0.717, 1.165) is 36.3 Å². The van der Waals surface area contributed by atoms with Gasteiger partial charge in [0.1, 0.15) is 16.6 Å². The van der Waals surface area contributed by atoms with Crippen molar-refractivity contribution in [3.05, 3.63) is 34.8 Å². The zero-order valence-corrected chi connectivity index (χ0v) is 22.4. The van der Waals surface area contributed by atoms with Gasteiger partial charge in [0.05, 0.1) is 12.0 Å². The number of nitrogens with zero attached hydrogens (tertiary/aromatic N) is 1. The molecule has 10 nitrogen and oxygen atoms in total. The summed E-state index contributed by atoms with van der Waals surface area (Å²) in [5.41, 5.74) is -3.98. The zero-order valence-electron chi connectivity index (χ0n) is 20.9. The molecule has 2 rings (SSSR count). The fraction of sp³-hybridized carbons (Fsp3) is 0.565. The van der Waals surface area contributed by atoms with E-state index in [4.69, 9.17) is 25.8 Å². The van der Waals surface area contributed by atoms with Gasteiger partial charge in [-0.2, -0.15) is 0 Å². The van der Waals surface area contributed by atoms with E-state index in [1.54, 1.807) is 41.5 Å². The number of esters is 3. The molecule has 35 heavy (non-hydrogen) atoms. The Kier molecular flexibility index (Phi) is 7.69. The Morgan fingerprint density at radius 1 is 1.00 bits per heavy atom. The zero-order chi connectivity index (χ0) is 27.1. The molecule has 3 atom stereocenters. The molecule has 194 valence electrons. The first-order valence-electron chi connectivity index (χ1n) is 10.6. The maximum Gasteiger partial charge on any atom is 0.340 e. The monoisotopic (exact) mass is 531 g/mol. The summed E-state index contributed by atoms with van der Waals surface area (Å²) in [4.78, 5) is 50.8. The van der Waals surface area contributed by atoms with Gasteiger partial charge in [0, 0.05) is 12.2 Å². The van der Waals surface area contributed by atoms with Crippen LogP contribution in [0, 0.1) is 0 Å². The Hall–Kier alpha value is -2.66. The summed E-state index contributed by atoms with van der Waals surface area (Å²) < 4.78 is 42.0. The largest absolute Gasteiger partial charge is 0.467 e. The maximum absolute atomic E-state index is 13.4. The minimum Gasteiger partial charge on any atom is -0.467 e. The molecule has 0 N–H and O–H groups in total. The molecule has 2 aliphatic rings. The maximum atomic E-state index is 13.4. The van der Waals surface area contributed by atoms with Crippen LogP contribution in [0.2, 0.25) is 0 Å². The normalized spacial score (nSPS) is 26.4. The number of carbonyl (C=O) groups is 4. The van der Waals surface area contributed by atoms with Crippen molar-refractivity contribution in [1.29, 1.82) is 0 Å². The minimum absolute atomic E-state index is 0.169. The highest BCUT2D eigenvalue weighted by Crippen LogP contribution is 2.49. The summed E-state index contributed by atoms with van der Waals surface area (Å²) in [5, 5.41) is -3.13. The van der Waals surface area contributed by atoms with E-state index >= 15 is 0 Å². The predicted octanol–water partition coefficient (Wildman–Crippen LogP) is 2.17. The summed E-state index contributed by atoms with van der Waals surface area (Å²) in [6.07, 6.45) is 3.86. The lowest BCUT2D eigenvalue weighted by Crippen LogP contribution is -2.77. The lowest BCUT2D eigenvalue weighted by Gasteiger charge is -2.55. The average molecular weight is 532 g/mol. The minimum atomic E-state index is -4.32. The first kappa shape index (κ1) is 28.6. The van der Waals surface area contributed by atoms with E-state index in [1.807, 2.05) is 0 Å². The van der Waals surface area contributed by atoms with Crippen molar-refractivity contribution in [2.24, 2.45) is 0 Å². The molecule has 1 fully saturated rings. The summed E-state index contributed by atoms with van der Waals surface area (Å²) in [6, 6.07) is 0. The molecule has 0 aromatic rings. The first-order valence-corrected chi connectivity index (χ1v) is 12.6. The number of alkyl halides is 1. The van der Waals surface area contributed by atoms with E-state index in [-0.39, 0.29) is 5.57 Å². The van der Waals surface area contributed by atoms with Crippen molar-refractivity contribution in [3.8, 4) is 0 Å². The van der Waals surface area contributed by atoms with Gasteiger partial charge in [0.15, 0.2) is 10.9 Å². The fourth-order valence-corrected chi connectivity index (χ4v) is 6.42. The second kappa shape index (κ2) is 9.42. The fourth-order valence-electron chi connectivity index (χ4n) is 3.72. The highest BCUT2D eigenvalue weighted by atomic mass is 35.5. The molecule has 0 aliphatic carbocycles. The van der Waals surface area contributed by atoms with E-state index in [9.17, 15) is 27.6 Å². The van der Waals surface area contributed by atoms with E-state index in [2.05, 4.69) is 0 Å². The van der Waals surface area contributed by atoms with Gasteiger partial charge in [-0.15, -0.1) is 11.6 Å². The van der Waals surface area contributed by atoms with E-state index < -0.39 is 66.0 Å². The third kappa shape index (κ3) is 5.45. The number of fused-ring (bicyclic) bond motifs is 1. The van der Waals surface area contributed by atoms with Crippen LogP contribution in [0.5, 0.6) is 0 Å². The number of hydrogen-bond acceptors (Lipinski definition) is 9. The van der Waals surface area contributed by atoms with Gasteiger partial charge in [0.2, 0.25) is 15.7 Å². The van der Waals surface area contributed by atoms with Gasteiger partial charge in [0.25, 0.3) is 0 Å². The molecule has 0 saturated carbocycles. The van der Waals surface area contributed by atoms with Gasteiger partial charge in [-0.3, -0.25) is 9.69 Å². The van der Waals surface area contributed by atoms with Crippen LogP contribution in [0.25, 0.3) is 0 Å². The van der Waals surface area contributed by atoms with Crippen molar-refractivity contribution in [2.45, 2.75) is 76.0 Å². The van der Waals surface area contributed by atoms with Crippen LogP contribution in [-0.4, -0.2) is 71.7 Å². The summed E-state index contributed by atoms with van der Waals surface area (Å²) in [5.74, 6) is -3.53. The molecule has 2 heterocycles. The van der Waals surface area contributed by atoms with Gasteiger partial charge in [-0.1, -0.05) is 0 Å². The van der Waals surface area contributed by atoms with Crippen molar-refractivity contribution >= 4 is 45.3 Å². The molecule has 12 heteroatoms. The Labute approximate surface area is 209 Å². The van der Waals surface area contributed by atoms with Crippen molar-refractivity contribution in [2.75, 3.05) is 7.11 Å². The number of ether oxygens (including phenoxy) is 3. The Morgan fingerprint density at radius 2 is 1.49 bits per heavy atom. The topological polar surface area (TPSA) is 133 Å². The number of β-lactam (4-membered cyclic amide) rings is 1. The first-order chi connectivity index (χ1) is 15.8. The lowest BCUT2D eigenvalue weighted by molar-refractivity contribution is -0.163. The van der Waals surface area contributed by atoms with Crippen LogP contribution >= 0.6 is 11.6 Å². The smallest absolute Gasteiger partial charge is 0.340 e. The number of methoxy groups -OCH3 is 1. The molecule has 0 aromatic carbocycles. The van der Waals surface area contributed by atoms with Gasteiger partial charge in [-0.25, -0.2) is 22.8 Å². The average Bonchev–Trinajstić information content (AvgIpc) is 2.68. The SMILES string of the molecule is COC(=O)C1(C=CC(=O)OC(C)(C)C)C(C)=C(C=CC(=O)OC(C)(C)C)S(=O)(=O)[C@H]2[C@@H](Cl)C(=O)N21. The number of amides is 1. The number of hydrogen-bond donors (Lipinski definition) is 0. The highest BCUT2D eigenvalue weighted by Gasteiger charge is 2.68. The third-order valence-corrected chi connectivity index (χ3v) is 7.81. The van der Waals surface area contributed by atoms with Crippen LogP contribution < -0.4 is 0 Å². The summed E-state index contributed by atoms with van der Waals surface area (Å²) >= 11 is 6.07. The van der Waals surface area contributed by atoms with Crippen LogP contribution in [-0.2, 0) is 43.2 Å². The molecule has 1 unspecified atom stereocenters. The molecule has 1 amide bonds. The number of carbonyl (C=O) groups excluding carboxylic acids is 4. The molecule has 0 bridgehead atoms. The number of sulfone groups is 1. The number of allylic oxidation sites excluding steroid dienone is 1. The quantitative estimate of drug-likeness (QED) is 0.172. The third-order valence-electron chi connectivity index (χ3n) is 5.07. The number of halogens is 1.